The highest BCUT2D eigenvalue weighted by atomic mass is 35.5. The maximum absolute atomic E-state index is 11.8. The van der Waals surface area contributed by atoms with Crippen LogP contribution >= 0.6 is 35.0 Å². The molecule has 21 heavy (non-hydrogen) atoms. The Hall–Kier alpha value is -1.16. The Balaban J connectivity index is 1.72. The SMILES string of the molecule is O=C(CCSCc1ccccc1)Nc1ccc(Cl)cc1Cl. The summed E-state index contributed by atoms with van der Waals surface area (Å²) in [6, 6.07) is 15.2. The first-order chi connectivity index (χ1) is 10.1. The van der Waals surface area contributed by atoms with E-state index in [-0.39, 0.29) is 5.91 Å². The predicted molar refractivity (Wildman–Crippen MR) is 92.3 cm³/mol. The molecule has 2 rings (SSSR count). The van der Waals surface area contributed by atoms with Gasteiger partial charge in [0.15, 0.2) is 0 Å². The molecule has 110 valence electrons. The molecule has 0 saturated heterocycles. The highest BCUT2D eigenvalue weighted by Crippen LogP contribution is 2.25. The van der Waals surface area contributed by atoms with E-state index in [1.165, 1.54) is 5.56 Å². The number of hydrogen-bond acceptors (Lipinski definition) is 2. The summed E-state index contributed by atoms with van der Waals surface area (Å²) in [4.78, 5) is 11.8. The van der Waals surface area contributed by atoms with Gasteiger partial charge in [0, 0.05) is 22.9 Å². The molecule has 0 spiro atoms. The minimum Gasteiger partial charge on any atom is -0.325 e. The van der Waals surface area contributed by atoms with Gasteiger partial charge in [-0.25, -0.2) is 0 Å². The number of benzene rings is 2. The lowest BCUT2D eigenvalue weighted by atomic mass is 10.2. The Morgan fingerprint density at radius 1 is 1.10 bits per heavy atom. The van der Waals surface area contributed by atoms with E-state index < -0.39 is 0 Å². The molecule has 0 aliphatic carbocycles. The van der Waals surface area contributed by atoms with Gasteiger partial charge in [0.05, 0.1) is 10.7 Å². The van der Waals surface area contributed by atoms with Crippen molar-refractivity contribution in [3.8, 4) is 0 Å². The number of amides is 1. The van der Waals surface area contributed by atoms with Gasteiger partial charge in [0.25, 0.3) is 0 Å². The quantitative estimate of drug-likeness (QED) is 0.727. The van der Waals surface area contributed by atoms with Gasteiger partial charge in [0.2, 0.25) is 5.91 Å². The number of rotatable bonds is 6. The summed E-state index contributed by atoms with van der Waals surface area (Å²) >= 11 is 13.6. The van der Waals surface area contributed by atoms with Crippen LogP contribution in [0, 0.1) is 0 Å². The second-order valence-corrected chi connectivity index (χ2v) is 6.41. The fourth-order valence-electron chi connectivity index (χ4n) is 1.73. The Morgan fingerprint density at radius 2 is 1.86 bits per heavy atom. The first kappa shape index (κ1) is 16.2. The van der Waals surface area contributed by atoms with Crippen LogP contribution in [0.3, 0.4) is 0 Å². The van der Waals surface area contributed by atoms with Gasteiger partial charge in [-0.2, -0.15) is 11.8 Å². The number of hydrogen-bond donors (Lipinski definition) is 1. The third-order valence-electron chi connectivity index (χ3n) is 2.79. The predicted octanol–water partition coefficient (Wildman–Crippen LogP) is 5.26. The summed E-state index contributed by atoms with van der Waals surface area (Å²) in [5, 5.41) is 3.80. The van der Waals surface area contributed by atoms with Crippen LogP contribution in [-0.2, 0) is 10.5 Å². The maximum atomic E-state index is 11.8. The molecule has 0 aliphatic heterocycles. The van der Waals surface area contributed by atoms with Gasteiger partial charge in [0.1, 0.15) is 0 Å². The van der Waals surface area contributed by atoms with E-state index in [2.05, 4.69) is 17.4 Å². The van der Waals surface area contributed by atoms with E-state index in [1.54, 1.807) is 30.0 Å². The van der Waals surface area contributed by atoms with Gasteiger partial charge in [-0.3, -0.25) is 4.79 Å². The summed E-state index contributed by atoms with van der Waals surface area (Å²) in [5.41, 5.74) is 1.86. The minimum atomic E-state index is -0.0419. The van der Waals surface area contributed by atoms with Gasteiger partial charge in [-0.05, 0) is 23.8 Å². The van der Waals surface area contributed by atoms with E-state index in [1.807, 2.05) is 18.2 Å². The Labute approximate surface area is 138 Å². The molecule has 2 nitrogen and oxygen atoms in total. The molecule has 0 atom stereocenters. The topological polar surface area (TPSA) is 29.1 Å². The van der Waals surface area contributed by atoms with Crippen LogP contribution in [0.1, 0.15) is 12.0 Å². The fraction of sp³-hybridized carbons (Fsp3) is 0.188. The molecular formula is C16H15Cl2NOS. The summed E-state index contributed by atoms with van der Waals surface area (Å²) in [7, 11) is 0. The van der Waals surface area contributed by atoms with Crippen LogP contribution in [0.15, 0.2) is 48.5 Å². The molecule has 0 fully saturated rings. The molecule has 0 aliphatic rings. The molecule has 0 unspecified atom stereocenters. The number of halogens is 2. The van der Waals surface area contributed by atoms with Crippen LogP contribution in [0.25, 0.3) is 0 Å². The molecule has 0 radical (unpaired) electrons. The second-order valence-electron chi connectivity index (χ2n) is 4.46. The second kappa shape index (κ2) is 8.32. The highest BCUT2D eigenvalue weighted by Gasteiger charge is 2.06. The van der Waals surface area contributed by atoms with Crippen LogP contribution in [0.5, 0.6) is 0 Å². The molecule has 0 aromatic heterocycles. The average Bonchev–Trinajstić information content (AvgIpc) is 2.48. The number of thioether (sulfide) groups is 1. The summed E-state index contributed by atoms with van der Waals surface area (Å²) in [6.45, 7) is 0. The number of anilines is 1. The van der Waals surface area contributed by atoms with Crippen molar-refractivity contribution in [3.05, 3.63) is 64.1 Å². The number of carbonyl (C=O) groups is 1. The van der Waals surface area contributed by atoms with Gasteiger partial charge in [-0.15, -0.1) is 0 Å². The zero-order chi connectivity index (χ0) is 15.1. The molecule has 0 heterocycles. The van der Waals surface area contributed by atoms with Crippen molar-refractivity contribution < 1.29 is 4.79 Å². The van der Waals surface area contributed by atoms with Crippen LogP contribution < -0.4 is 5.32 Å². The standard InChI is InChI=1S/C16H15Cl2NOS/c17-13-6-7-15(14(18)10-13)19-16(20)8-9-21-11-12-4-2-1-3-5-12/h1-7,10H,8-9,11H2,(H,19,20). The molecule has 5 heteroatoms. The summed E-state index contributed by atoms with van der Waals surface area (Å²) in [5.74, 6) is 1.64. The molecule has 2 aromatic carbocycles. The Kier molecular flexibility index (Phi) is 6.43. The van der Waals surface area contributed by atoms with Crippen molar-refractivity contribution in [2.45, 2.75) is 12.2 Å². The molecule has 1 amide bonds. The lowest BCUT2D eigenvalue weighted by Gasteiger charge is -2.07. The fourth-order valence-corrected chi connectivity index (χ4v) is 3.09. The third kappa shape index (κ3) is 5.62. The Morgan fingerprint density at radius 3 is 2.57 bits per heavy atom. The molecule has 1 N–H and O–H groups in total. The first-order valence-electron chi connectivity index (χ1n) is 6.52. The van der Waals surface area contributed by atoms with E-state index in [9.17, 15) is 4.79 Å². The molecule has 0 saturated carbocycles. The molecular weight excluding hydrogens is 325 g/mol. The largest absolute Gasteiger partial charge is 0.325 e. The number of nitrogens with one attached hydrogen (secondary N) is 1. The zero-order valence-electron chi connectivity index (χ0n) is 11.3. The summed E-state index contributed by atoms with van der Waals surface area (Å²) in [6.07, 6.45) is 0.455. The van der Waals surface area contributed by atoms with Gasteiger partial charge < -0.3 is 5.32 Å². The van der Waals surface area contributed by atoms with Gasteiger partial charge >= 0.3 is 0 Å². The summed E-state index contributed by atoms with van der Waals surface area (Å²) < 4.78 is 0. The van der Waals surface area contributed by atoms with E-state index in [4.69, 9.17) is 23.2 Å². The smallest absolute Gasteiger partial charge is 0.225 e. The highest BCUT2D eigenvalue weighted by molar-refractivity contribution is 7.98. The van der Waals surface area contributed by atoms with Crippen molar-refractivity contribution in [2.75, 3.05) is 11.1 Å². The van der Waals surface area contributed by atoms with Crippen LogP contribution in [-0.4, -0.2) is 11.7 Å². The lowest BCUT2D eigenvalue weighted by Crippen LogP contribution is -2.12. The number of carbonyl (C=O) groups excluding carboxylic acids is 1. The van der Waals surface area contributed by atoms with Crippen molar-refractivity contribution in [2.24, 2.45) is 0 Å². The zero-order valence-corrected chi connectivity index (χ0v) is 13.6. The van der Waals surface area contributed by atoms with E-state index in [0.29, 0.717) is 22.2 Å². The Bertz CT molecular complexity index is 604. The maximum Gasteiger partial charge on any atom is 0.225 e. The average molecular weight is 340 g/mol. The minimum absolute atomic E-state index is 0.0419. The van der Waals surface area contributed by atoms with Crippen molar-refractivity contribution in [3.63, 3.8) is 0 Å². The molecule has 2 aromatic rings. The first-order valence-corrected chi connectivity index (χ1v) is 8.43. The monoisotopic (exact) mass is 339 g/mol. The van der Waals surface area contributed by atoms with Crippen LogP contribution in [0.2, 0.25) is 10.0 Å². The van der Waals surface area contributed by atoms with Gasteiger partial charge in [-0.1, -0.05) is 53.5 Å². The van der Waals surface area contributed by atoms with Crippen molar-refractivity contribution in [1.82, 2.24) is 0 Å². The molecule has 0 bridgehead atoms. The van der Waals surface area contributed by atoms with Crippen molar-refractivity contribution in [1.29, 1.82) is 0 Å². The normalized spacial score (nSPS) is 10.4. The van der Waals surface area contributed by atoms with E-state index >= 15 is 0 Å². The van der Waals surface area contributed by atoms with Crippen LogP contribution in [0.4, 0.5) is 5.69 Å². The third-order valence-corrected chi connectivity index (χ3v) is 4.37. The van der Waals surface area contributed by atoms with E-state index in [0.717, 1.165) is 11.5 Å². The lowest BCUT2D eigenvalue weighted by molar-refractivity contribution is -0.115. The van der Waals surface area contributed by atoms with Crippen molar-refractivity contribution >= 4 is 46.6 Å².